The van der Waals surface area contributed by atoms with E-state index in [2.05, 4.69) is 15.1 Å². The molecule has 0 radical (unpaired) electrons. The maximum atomic E-state index is 14.7. The summed E-state index contributed by atoms with van der Waals surface area (Å²) in [6, 6.07) is 0. The van der Waals surface area contributed by atoms with E-state index < -0.39 is 27.3 Å². The minimum Gasteiger partial charge on any atom is -0.475 e. The van der Waals surface area contributed by atoms with Crippen LogP contribution in [-0.2, 0) is 14.6 Å². The Labute approximate surface area is 145 Å². The van der Waals surface area contributed by atoms with Gasteiger partial charge in [0.25, 0.3) is 11.0 Å². The molecular weight excluding hydrogens is 351 g/mol. The second-order valence-electron chi connectivity index (χ2n) is 6.13. The Balaban J connectivity index is 2.16. The van der Waals surface area contributed by atoms with Crippen molar-refractivity contribution >= 4 is 15.5 Å². The zero-order valence-electron chi connectivity index (χ0n) is 14.5. The highest BCUT2D eigenvalue weighted by atomic mass is 32.2. The molecule has 0 spiro atoms. The highest BCUT2D eigenvalue weighted by Gasteiger charge is 2.44. The smallest absolute Gasteiger partial charge is 0.268 e. The number of alkyl halides is 1. The van der Waals surface area contributed by atoms with Gasteiger partial charge >= 0.3 is 0 Å². The molecule has 0 aliphatic carbocycles. The summed E-state index contributed by atoms with van der Waals surface area (Å²) >= 11 is 0. The summed E-state index contributed by atoms with van der Waals surface area (Å²) in [6.45, 7) is 5.75. The van der Waals surface area contributed by atoms with Crippen LogP contribution in [0.4, 0.5) is 4.39 Å². The SMILES string of the molecule is CCOc1nc(S(C)(=O)=O)nn2c([C@@H]3O[C@H](CC)[C@@H](C)[C@H]3F)cnc12. The molecule has 0 amide bonds. The Morgan fingerprint density at radius 3 is 2.68 bits per heavy atom. The van der Waals surface area contributed by atoms with Crippen LogP contribution in [0.2, 0.25) is 0 Å². The van der Waals surface area contributed by atoms with Gasteiger partial charge in [-0.1, -0.05) is 13.8 Å². The quantitative estimate of drug-likeness (QED) is 0.789. The van der Waals surface area contributed by atoms with E-state index in [1.165, 1.54) is 10.7 Å². The summed E-state index contributed by atoms with van der Waals surface area (Å²) in [7, 11) is -3.68. The van der Waals surface area contributed by atoms with E-state index in [0.29, 0.717) is 12.1 Å². The molecule has 10 heteroatoms. The molecular formula is C15H21FN4O4S. The normalized spacial score (nSPS) is 27.1. The number of hydrogen-bond acceptors (Lipinski definition) is 7. The highest BCUT2D eigenvalue weighted by molar-refractivity contribution is 7.90. The third kappa shape index (κ3) is 3.08. The molecule has 1 saturated heterocycles. The first-order chi connectivity index (χ1) is 11.8. The van der Waals surface area contributed by atoms with Gasteiger partial charge < -0.3 is 9.47 Å². The van der Waals surface area contributed by atoms with E-state index in [1.54, 1.807) is 13.8 Å². The van der Waals surface area contributed by atoms with Gasteiger partial charge in [0, 0.05) is 12.2 Å². The van der Waals surface area contributed by atoms with Crippen molar-refractivity contribution in [2.45, 2.75) is 50.7 Å². The lowest BCUT2D eigenvalue weighted by Crippen LogP contribution is -2.18. The second kappa shape index (κ2) is 6.49. The molecule has 8 nitrogen and oxygen atoms in total. The summed E-state index contributed by atoms with van der Waals surface area (Å²) in [6.07, 6.45) is 0.792. The molecule has 2 aromatic rings. The Bertz CT molecular complexity index is 885. The largest absolute Gasteiger partial charge is 0.475 e. The van der Waals surface area contributed by atoms with Gasteiger partial charge in [0.2, 0.25) is 15.5 Å². The molecule has 1 aliphatic rings. The zero-order chi connectivity index (χ0) is 18.4. The lowest BCUT2D eigenvalue weighted by molar-refractivity contribution is 0.0195. The van der Waals surface area contributed by atoms with Crippen molar-refractivity contribution in [3.8, 4) is 5.88 Å². The summed E-state index contributed by atoms with van der Waals surface area (Å²) in [5.41, 5.74) is 0.575. The van der Waals surface area contributed by atoms with Gasteiger partial charge in [-0.3, -0.25) is 0 Å². The maximum absolute atomic E-state index is 14.7. The van der Waals surface area contributed by atoms with Crippen LogP contribution in [0, 0.1) is 5.92 Å². The fourth-order valence-electron chi connectivity index (χ4n) is 3.01. The standard InChI is InChI=1S/C15H21FN4O4S/c1-5-10-8(3)11(16)12(24-10)9-7-17-13-14(23-6-2)18-15(19-20(9)13)25(4,21)22/h7-8,10-12H,5-6H2,1-4H3/t8-,10-,11-,12+/m1/s1. The molecule has 1 aliphatic heterocycles. The van der Waals surface area contributed by atoms with Gasteiger partial charge in [0.05, 0.1) is 24.6 Å². The summed E-state index contributed by atoms with van der Waals surface area (Å²) in [4.78, 5) is 8.11. The van der Waals surface area contributed by atoms with E-state index in [9.17, 15) is 12.8 Å². The Morgan fingerprint density at radius 1 is 1.40 bits per heavy atom. The van der Waals surface area contributed by atoms with Gasteiger partial charge in [-0.15, -0.1) is 5.10 Å². The minimum atomic E-state index is -3.68. The summed E-state index contributed by atoms with van der Waals surface area (Å²) in [5, 5.41) is 3.63. The second-order valence-corrected chi connectivity index (χ2v) is 8.04. The van der Waals surface area contributed by atoms with Crippen LogP contribution < -0.4 is 4.74 Å². The highest BCUT2D eigenvalue weighted by Crippen LogP contribution is 2.40. The molecule has 1 fully saturated rings. The number of ether oxygens (including phenoxy) is 2. The molecule has 3 rings (SSSR count). The first-order valence-corrected chi connectivity index (χ1v) is 10.0. The monoisotopic (exact) mass is 372 g/mol. The third-order valence-electron chi connectivity index (χ3n) is 4.34. The molecule has 25 heavy (non-hydrogen) atoms. The van der Waals surface area contributed by atoms with E-state index >= 15 is 0 Å². The Hall–Kier alpha value is -1.81. The topological polar surface area (TPSA) is 95.7 Å². The van der Waals surface area contributed by atoms with Crippen molar-refractivity contribution in [3.63, 3.8) is 0 Å². The van der Waals surface area contributed by atoms with E-state index in [4.69, 9.17) is 9.47 Å². The molecule has 0 aromatic carbocycles. The molecule has 3 heterocycles. The van der Waals surface area contributed by atoms with E-state index in [1.807, 2.05) is 6.92 Å². The number of imidazole rings is 1. The third-order valence-corrected chi connectivity index (χ3v) is 5.18. The molecule has 0 saturated carbocycles. The van der Waals surface area contributed by atoms with Crippen molar-refractivity contribution in [2.24, 2.45) is 5.92 Å². The number of hydrogen-bond donors (Lipinski definition) is 0. The molecule has 2 aromatic heterocycles. The number of rotatable bonds is 5. The van der Waals surface area contributed by atoms with Gasteiger partial charge in [-0.25, -0.2) is 22.3 Å². The van der Waals surface area contributed by atoms with Crippen molar-refractivity contribution in [1.82, 2.24) is 19.6 Å². The van der Waals surface area contributed by atoms with Crippen molar-refractivity contribution in [3.05, 3.63) is 11.9 Å². The van der Waals surface area contributed by atoms with Gasteiger partial charge in [-0.2, -0.15) is 4.98 Å². The number of nitrogens with zero attached hydrogens (tertiary/aromatic N) is 4. The van der Waals surface area contributed by atoms with Gasteiger partial charge in [-0.05, 0) is 13.3 Å². The molecule has 0 N–H and O–H groups in total. The van der Waals surface area contributed by atoms with Crippen molar-refractivity contribution in [2.75, 3.05) is 12.9 Å². The van der Waals surface area contributed by atoms with E-state index in [-0.39, 0.29) is 30.2 Å². The van der Waals surface area contributed by atoms with Gasteiger partial charge in [0.1, 0.15) is 12.3 Å². The lowest BCUT2D eigenvalue weighted by atomic mass is 9.97. The number of fused-ring (bicyclic) bond motifs is 1. The maximum Gasteiger partial charge on any atom is 0.268 e. The predicted octanol–water partition coefficient (Wildman–Crippen LogP) is 1.75. The van der Waals surface area contributed by atoms with Crippen LogP contribution in [0.5, 0.6) is 5.88 Å². The fourth-order valence-corrected chi connectivity index (χ4v) is 3.49. The first kappa shape index (κ1) is 18.0. The molecule has 0 unspecified atom stereocenters. The van der Waals surface area contributed by atoms with Crippen LogP contribution in [0.1, 0.15) is 39.0 Å². The Morgan fingerprint density at radius 2 is 2.12 bits per heavy atom. The van der Waals surface area contributed by atoms with Crippen LogP contribution in [0.3, 0.4) is 0 Å². The number of halogens is 1. The summed E-state index contributed by atoms with van der Waals surface area (Å²) < 4.78 is 51.0. The zero-order valence-corrected chi connectivity index (χ0v) is 15.3. The predicted molar refractivity (Wildman–Crippen MR) is 87.0 cm³/mol. The Kier molecular flexibility index (Phi) is 4.67. The molecule has 0 bridgehead atoms. The van der Waals surface area contributed by atoms with E-state index in [0.717, 1.165) is 6.26 Å². The van der Waals surface area contributed by atoms with Crippen molar-refractivity contribution in [1.29, 1.82) is 0 Å². The minimum absolute atomic E-state index is 0.0395. The molecule has 138 valence electrons. The first-order valence-electron chi connectivity index (χ1n) is 8.16. The van der Waals surface area contributed by atoms with Crippen LogP contribution in [0.25, 0.3) is 5.65 Å². The molecule has 4 atom stereocenters. The number of sulfone groups is 1. The number of aromatic nitrogens is 4. The van der Waals surface area contributed by atoms with Gasteiger partial charge in [0.15, 0.2) is 0 Å². The van der Waals surface area contributed by atoms with Crippen LogP contribution in [0.15, 0.2) is 11.4 Å². The average Bonchev–Trinajstić information content (AvgIpc) is 3.09. The van der Waals surface area contributed by atoms with Crippen molar-refractivity contribution < 1.29 is 22.3 Å². The fraction of sp³-hybridized carbons (Fsp3) is 0.667. The van der Waals surface area contributed by atoms with Crippen LogP contribution >= 0.6 is 0 Å². The average molecular weight is 372 g/mol. The lowest BCUT2D eigenvalue weighted by Gasteiger charge is -2.13. The summed E-state index contributed by atoms with van der Waals surface area (Å²) in [5.74, 6) is -0.235. The van der Waals surface area contributed by atoms with Crippen LogP contribution in [-0.4, -0.2) is 53.1 Å².